The van der Waals surface area contributed by atoms with Gasteiger partial charge in [0.1, 0.15) is 11.6 Å². The molecular weight excluding hydrogens is 242 g/mol. The summed E-state index contributed by atoms with van der Waals surface area (Å²) in [5.74, 6) is 4.23. The predicted molar refractivity (Wildman–Crippen MR) is 66.1 cm³/mol. The molecule has 0 radical (unpaired) electrons. The second-order valence-corrected chi connectivity index (χ2v) is 3.68. The molecule has 0 aliphatic rings. The highest BCUT2D eigenvalue weighted by Crippen LogP contribution is 2.14. The van der Waals surface area contributed by atoms with Gasteiger partial charge in [-0.15, -0.1) is 0 Å². The van der Waals surface area contributed by atoms with Crippen molar-refractivity contribution in [2.45, 2.75) is 13.0 Å². The number of guanidine groups is 1. The normalized spacial score (nSPS) is 13.3. The van der Waals surface area contributed by atoms with Crippen molar-refractivity contribution in [3.8, 4) is 0 Å². The number of hydrogen-bond acceptors (Lipinski definition) is 3. The van der Waals surface area contributed by atoms with E-state index in [1.807, 2.05) is 0 Å². The maximum Gasteiger partial charge on any atom is 0.210 e. The average molecular weight is 258 g/mol. The summed E-state index contributed by atoms with van der Waals surface area (Å²) in [5.41, 5.74) is 2.24. The molecular formula is C11H16F2N4O. The van der Waals surface area contributed by atoms with Crippen LogP contribution in [0.1, 0.15) is 6.92 Å². The molecule has 1 aromatic rings. The van der Waals surface area contributed by atoms with Gasteiger partial charge in [-0.2, -0.15) is 0 Å². The van der Waals surface area contributed by atoms with Crippen molar-refractivity contribution in [2.75, 3.05) is 19.0 Å². The molecule has 0 spiro atoms. The summed E-state index contributed by atoms with van der Waals surface area (Å²) in [7, 11) is 1.54. The van der Waals surface area contributed by atoms with Gasteiger partial charge in [0.2, 0.25) is 5.96 Å². The molecule has 0 fully saturated rings. The molecule has 0 amide bonds. The van der Waals surface area contributed by atoms with Crippen LogP contribution < -0.4 is 16.6 Å². The van der Waals surface area contributed by atoms with E-state index in [0.29, 0.717) is 6.61 Å². The highest BCUT2D eigenvalue weighted by Gasteiger charge is 2.07. The van der Waals surface area contributed by atoms with Gasteiger partial charge in [-0.1, -0.05) is 0 Å². The lowest BCUT2D eigenvalue weighted by atomic mass is 10.3. The van der Waals surface area contributed by atoms with E-state index in [-0.39, 0.29) is 17.7 Å². The van der Waals surface area contributed by atoms with Crippen molar-refractivity contribution in [1.82, 2.24) is 5.43 Å². The fourth-order valence-electron chi connectivity index (χ4n) is 1.33. The van der Waals surface area contributed by atoms with E-state index in [2.05, 4.69) is 15.7 Å². The predicted octanol–water partition coefficient (Wildman–Crippen LogP) is 1.23. The Morgan fingerprint density at radius 2 is 2.22 bits per heavy atom. The zero-order valence-electron chi connectivity index (χ0n) is 10.2. The Morgan fingerprint density at radius 1 is 1.50 bits per heavy atom. The number of nitrogens with one attached hydrogen (secondary N) is 2. The molecule has 1 aromatic carbocycles. The van der Waals surface area contributed by atoms with Crippen LogP contribution in [0.25, 0.3) is 0 Å². The molecule has 0 aliphatic heterocycles. The molecule has 0 saturated heterocycles. The van der Waals surface area contributed by atoms with E-state index < -0.39 is 11.6 Å². The summed E-state index contributed by atoms with van der Waals surface area (Å²) in [6.45, 7) is 2.18. The van der Waals surface area contributed by atoms with Crippen molar-refractivity contribution < 1.29 is 13.5 Å². The summed E-state index contributed by atoms with van der Waals surface area (Å²) < 4.78 is 31.2. The van der Waals surface area contributed by atoms with Crippen LogP contribution in [-0.4, -0.2) is 25.7 Å². The first-order valence-electron chi connectivity index (χ1n) is 5.32. The number of rotatable bonds is 4. The largest absolute Gasteiger partial charge is 0.382 e. The lowest BCUT2D eigenvalue weighted by Gasteiger charge is -2.12. The smallest absolute Gasteiger partial charge is 0.210 e. The van der Waals surface area contributed by atoms with Gasteiger partial charge in [0.25, 0.3) is 0 Å². The summed E-state index contributed by atoms with van der Waals surface area (Å²) in [5, 5.41) is 2.57. The van der Waals surface area contributed by atoms with Crippen LogP contribution in [0.15, 0.2) is 23.2 Å². The Labute approximate surface area is 104 Å². The molecule has 1 rings (SSSR count). The molecule has 4 N–H and O–H groups in total. The molecule has 100 valence electrons. The molecule has 5 nitrogen and oxygen atoms in total. The number of benzene rings is 1. The zero-order valence-corrected chi connectivity index (χ0v) is 10.2. The number of aliphatic imine (C=N–C) groups is 1. The molecule has 7 heteroatoms. The number of anilines is 1. The Balaban J connectivity index is 2.82. The van der Waals surface area contributed by atoms with Crippen molar-refractivity contribution in [3.05, 3.63) is 29.8 Å². The number of hydrogen-bond donors (Lipinski definition) is 3. The van der Waals surface area contributed by atoms with Gasteiger partial charge < -0.3 is 10.1 Å². The van der Waals surface area contributed by atoms with Crippen molar-refractivity contribution in [1.29, 1.82) is 0 Å². The first-order valence-corrected chi connectivity index (χ1v) is 5.32. The van der Waals surface area contributed by atoms with E-state index in [1.54, 1.807) is 14.0 Å². The van der Waals surface area contributed by atoms with Gasteiger partial charge >= 0.3 is 0 Å². The standard InChI is InChI=1S/C11H16F2N4O/c1-7(6-18-2)15-11(17-14)16-10-5-8(12)3-4-9(10)13/h3-5,7H,6,14H2,1-2H3,(H2,15,16,17). The van der Waals surface area contributed by atoms with Gasteiger partial charge in [0, 0.05) is 13.2 Å². The minimum absolute atomic E-state index is 0.0451. The fourth-order valence-corrected chi connectivity index (χ4v) is 1.33. The summed E-state index contributed by atoms with van der Waals surface area (Å²) in [6.07, 6.45) is 0. The Bertz CT molecular complexity index is 426. The van der Waals surface area contributed by atoms with E-state index in [0.717, 1.165) is 18.2 Å². The van der Waals surface area contributed by atoms with Crippen LogP contribution >= 0.6 is 0 Å². The van der Waals surface area contributed by atoms with Crippen LogP contribution in [0.3, 0.4) is 0 Å². The lowest BCUT2D eigenvalue weighted by Crippen LogP contribution is -2.37. The van der Waals surface area contributed by atoms with E-state index >= 15 is 0 Å². The van der Waals surface area contributed by atoms with Gasteiger partial charge in [0.15, 0.2) is 0 Å². The highest BCUT2D eigenvalue weighted by molar-refractivity contribution is 5.93. The lowest BCUT2D eigenvalue weighted by molar-refractivity contribution is 0.185. The van der Waals surface area contributed by atoms with Crippen molar-refractivity contribution in [2.24, 2.45) is 10.8 Å². The summed E-state index contributed by atoms with van der Waals surface area (Å²) >= 11 is 0. The molecule has 0 aromatic heterocycles. The minimum Gasteiger partial charge on any atom is -0.382 e. The quantitative estimate of drug-likeness (QED) is 0.329. The van der Waals surface area contributed by atoms with E-state index in [4.69, 9.17) is 10.6 Å². The van der Waals surface area contributed by atoms with Gasteiger partial charge in [-0.3, -0.25) is 5.43 Å². The third kappa shape index (κ3) is 4.27. The maximum atomic E-state index is 13.4. The van der Waals surface area contributed by atoms with E-state index in [1.165, 1.54) is 0 Å². The second-order valence-electron chi connectivity index (χ2n) is 3.68. The minimum atomic E-state index is -0.598. The molecule has 0 heterocycles. The molecule has 1 unspecified atom stereocenters. The summed E-state index contributed by atoms with van der Waals surface area (Å²) in [6, 6.07) is 2.89. The van der Waals surface area contributed by atoms with Crippen molar-refractivity contribution >= 4 is 11.6 Å². The topological polar surface area (TPSA) is 71.7 Å². The fraction of sp³-hybridized carbons (Fsp3) is 0.364. The van der Waals surface area contributed by atoms with Crippen LogP contribution in [0.5, 0.6) is 0 Å². The van der Waals surface area contributed by atoms with Gasteiger partial charge in [-0.05, 0) is 19.1 Å². The van der Waals surface area contributed by atoms with Crippen LogP contribution in [0.2, 0.25) is 0 Å². The summed E-state index contributed by atoms with van der Waals surface area (Å²) in [4.78, 5) is 4.11. The zero-order chi connectivity index (χ0) is 13.5. The maximum absolute atomic E-state index is 13.4. The van der Waals surface area contributed by atoms with Gasteiger partial charge in [-0.25, -0.2) is 19.6 Å². The molecule has 0 bridgehead atoms. The molecule has 0 aliphatic carbocycles. The Morgan fingerprint density at radius 3 is 2.83 bits per heavy atom. The number of ether oxygens (including phenoxy) is 1. The first-order chi connectivity index (χ1) is 8.56. The first kappa shape index (κ1) is 14.3. The van der Waals surface area contributed by atoms with Gasteiger partial charge in [0.05, 0.1) is 18.3 Å². The van der Waals surface area contributed by atoms with Crippen LogP contribution in [0, 0.1) is 11.6 Å². The monoisotopic (exact) mass is 258 g/mol. The highest BCUT2D eigenvalue weighted by atomic mass is 19.1. The molecule has 0 saturated carbocycles. The molecule has 18 heavy (non-hydrogen) atoms. The number of hydrazine groups is 1. The SMILES string of the molecule is COCC(C)N=C(NN)Nc1cc(F)ccc1F. The average Bonchev–Trinajstić information content (AvgIpc) is 2.33. The van der Waals surface area contributed by atoms with Crippen LogP contribution in [-0.2, 0) is 4.74 Å². The number of nitrogens with zero attached hydrogens (tertiary/aromatic N) is 1. The molecule has 1 atom stereocenters. The third-order valence-electron chi connectivity index (χ3n) is 2.08. The van der Waals surface area contributed by atoms with E-state index in [9.17, 15) is 8.78 Å². The van der Waals surface area contributed by atoms with Crippen molar-refractivity contribution in [3.63, 3.8) is 0 Å². The third-order valence-corrected chi connectivity index (χ3v) is 2.08. The second kappa shape index (κ2) is 6.87. The Hall–Kier alpha value is -1.73. The number of halogens is 2. The van der Waals surface area contributed by atoms with Crippen LogP contribution in [0.4, 0.5) is 14.5 Å². The number of nitrogens with two attached hydrogens (primary N) is 1. The Kier molecular flexibility index (Phi) is 5.47. The number of methoxy groups -OCH3 is 1.